The van der Waals surface area contributed by atoms with Gasteiger partial charge in [-0.05, 0) is 67.4 Å². The molecule has 0 atom stereocenters. The van der Waals surface area contributed by atoms with Gasteiger partial charge in [0.1, 0.15) is 11.5 Å². The summed E-state index contributed by atoms with van der Waals surface area (Å²) in [6, 6.07) is 17.7. The Balaban J connectivity index is 1.63. The van der Waals surface area contributed by atoms with Crippen LogP contribution in [0.4, 0.5) is 0 Å². The average molecular weight is 560 g/mol. The van der Waals surface area contributed by atoms with Crippen LogP contribution >= 0.6 is 31.9 Å². The van der Waals surface area contributed by atoms with E-state index < -0.39 is 11.9 Å². The van der Waals surface area contributed by atoms with E-state index in [0.29, 0.717) is 22.6 Å². The fraction of sp³-hybridized carbons (Fsp3) is 0.125. The Bertz CT molecular complexity index is 1140. The topological polar surface area (TPSA) is 77.0 Å². The molecule has 3 aromatic carbocycles. The second-order valence-corrected chi connectivity index (χ2v) is 8.71. The molecule has 1 amide bonds. The van der Waals surface area contributed by atoms with E-state index in [1.54, 1.807) is 42.5 Å². The van der Waals surface area contributed by atoms with E-state index in [-0.39, 0.29) is 6.61 Å². The van der Waals surface area contributed by atoms with Crippen LogP contribution in [0.15, 0.2) is 74.7 Å². The first kappa shape index (κ1) is 23.7. The number of carbonyl (C=O) groups is 2. The van der Waals surface area contributed by atoms with Gasteiger partial charge in [-0.2, -0.15) is 5.10 Å². The van der Waals surface area contributed by atoms with Crippen molar-refractivity contribution in [2.24, 2.45) is 5.10 Å². The molecule has 0 saturated carbocycles. The molecular formula is C24H20Br2N2O4. The van der Waals surface area contributed by atoms with Gasteiger partial charge in [0.05, 0.1) is 11.8 Å². The summed E-state index contributed by atoms with van der Waals surface area (Å²) in [4.78, 5) is 24.6. The lowest BCUT2D eigenvalue weighted by atomic mass is 10.1. The molecule has 0 saturated heterocycles. The average Bonchev–Trinajstić information content (AvgIpc) is 2.75. The van der Waals surface area contributed by atoms with Gasteiger partial charge in [-0.25, -0.2) is 10.2 Å². The standard InChI is InChI=1S/C24H20Br2N2O4/c1-15-4-3-5-16(2)23(15)31-14-22(29)28-27-13-18-12-20(26)10-11-21(18)32-24(30)17-6-8-19(25)9-7-17/h3-13H,14H2,1-2H3,(H,28,29)/b27-13-. The maximum absolute atomic E-state index is 12.4. The number of benzene rings is 3. The minimum Gasteiger partial charge on any atom is -0.483 e. The smallest absolute Gasteiger partial charge is 0.343 e. The number of amides is 1. The van der Waals surface area contributed by atoms with Crippen molar-refractivity contribution in [3.8, 4) is 11.5 Å². The third kappa shape index (κ3) is 6.51. The second-order valence-electron chi connectivity index (χ2n) is 6.88. The number of aryl methyl sites for hydroxylation is 2. The summed E-state index contributed by atoms with van der Waals surface area (Å²) in [5.74, 6) is 0.0829. The van der Waals surface area contributed by atoms with Crippen molar-refractivity contribution < 1.29 is 19.1 Å². The summed E-state index contributed by atoms with van der Waals surface area (Å²) in [6.07, 6.45) is 1.41. The summed E-state index contributed by atoms with van der Waals surface area (Å²) in [6.45, 7) is 3.67. The van der Waals surface area contributed by atoms with Gasteiger partial charge < -0.3 is 9.47 Å². The summed E-state index contributed by atoms with van der Waals surface area (Å²) < 4.78 is 12.8. The molecule has 0 spiro atoms. The number of para-hydroxylation sites is 1. The predicted molar refractivity (Wildman–Crippen MR) is 130 cm³/mol. The third-order valence-corrected chi connectivity index (χ3v) is 5.43. The number of rotatable bonds is 7. The summed E-state index contributed by atoms with van der Waals surface area (Å²) in [7, 11) is 0. The molecule has 0 aliphatic heterocycles. The fourth-order valence-corrected chi connectivity index (χ4v) is 3.47. The molecule has 0 bridgehead atoms. The Labute approximate surface area is 202 Å². The van der Waals surface area contributed by atoms with E-state index in [2.05, 4.69) is 42.4 Å². The van der Waals surface area contributed by atoms with Gasteiger partial charge in [0.15, 0.2) is 6.61 Å². The third-order valence-electron chi connectivity index (χ3n) is 4.40. The van der Waals surface area contributed by atoms with Crippen molar-refractivity contribution in [3.63, 3.8) is 0 Å². The number of hydrazone groups is 1. The van der Waals surface area contributed by atoms with Crippen LogP contribution in [-0.4, -0.2) is 24.7 Å². The fourth-order valence-electron chi connectivity index (χ4n) is 2.83. The number of ether oxygens (including phenoxy) is 2. The highest BCUT2D eigenvalue weighted by atomic mass is 79.9. The number of carbonyl (C=O) groups excluding carboxylic acids is 2. The molecule has 0 aliphatic rings. The SMILES string of the molecule is Cc1cccc(C)c1OCC(=O)N/N=C\c1cc(Br)ccc1OC(=O)c1ccc(Br)cc1. The Hall–Kier alpha value is -2.97. The zero-order chi connectivity index (χ0) is 23.1. The first-order valence-corrected chi connectivity index (χ1v) is 11.2. The molecule has 1 N–H and O–H groups in total. The highest BCUT2D eigenvalue weighted by molar-refractivity contribution is 9.10. The van der Waals surface area contributed by atoms with Crippen molar-refractivity contribution in [1.29, 1.82) is 0 Å². The van der Waals surface area contributed by atoms with Gasteiger partial charge in [-0.3, -0.25) is 4.79 Å². The Morgan fingerprint density at radius 1 is 0.969 bits per heavy atom. The quantitative estimate of drug-likeness (QED) is 0.177. The molecule has 0 fully saturated rings. The maximum Gasteiger partial charge on any atom is 0.343 e. The van der Waals surface area contributed by atoms with Crippen LogP contribution in [0.2, 0.25) is 0 Å². The molecule has 0 heterocycles. The number of nitrogens with zero attached hydrogens (tertiary/aromatic N) is 1. The maximum atomic E-state index is 12.4. The summed E-state index contributed by atoms with van der Waals surface area (Å²) >= 11 is 6.72. The second kappa shape index (κ2) is 11.1. The van der Waals surface area contributed by atoms with E-state index in [1.807, 2.05) is 32.0 Å². The largest absolute Gasteiger partial charge is 0.483 e. The number of hydrogen-bond acceptors (Lipinski definition) is 5. The molecule has 3 rings (SSSR count). The van der Waals surface area contributed by atoms with Crippen LogP contribution in [0.5, 0.6) is 11.5 Å². The number of nitrogens with one attached hydrogen (secondary N) is 1. The van der Waals surface area contributed by atoms with Gasteiger partial charge in [0, 0.05) is 14.5 Å². The van der Waals surface area contributed by atoms with Crippen LogP contribution < -0.4 is 14.9 Å². The minimum atomic E-state index is -0.500. The molecule has 0 aromatic heterocycles. The highest BCUT2D eigenvalue weighted by Gasteiger charge is 2.12. The number of hydrogen-bond donors (Lipinski definition) is 1. The van der Waals surface area contributed by atoms with Gasteiger partial charge >= 0.3 is 5.97 Å². The zero-order valence-electron chi connectivity index (χ0n) is 17.4. The van der Waals surface area contributed by atoms with E-state index >= 15 is 0 Å². The zero-order valence-corrected chi connectivity index (χ0v) is 20.6. The number of halogens is 2. The van der Waals surface area contributed by atoms with Crippen molar-refractivity contribution in [1.82, 2.24) is 5.43 Å². The highest BCUT2D eigenvalue weighted by Crippen LogP contribution is 2.24. The molecule has 164 valence electrons. The first-order chi connectivity index (χ1) is 15.3. The van der Waals surface area contributed by atoms with Crippen molar-refractivity contribution in [3.05, 3.63) is 91.9 Å². The first-order valence-electron chi connectivity index (χ1n) is 9.61. The van der Waals surface area contributed by atoms with Gasteiger partial charge in [0.25, 0.3) is 5.91 Å². The lowest BCUT2D eigenvalue weighted by molar-refractivity contribution is -0.123. The Morgan fingerprint density at radius 3 is 2.31 bits per heavy atom. The van der Waals surface area contributed by atoms with Crippen LogP contribution in [0.1, 0.15) is 27.0 Å². The lowest BCUT2D eigenvalue weighted by Crippen LogP contribution is -2.25. The predicted octanol–water partition coefficient (Wildman–Crippen LogP) is 5.58. The van der Waals surface area contributed by atoms with E-state index in [4.69, 9.17) is 9.47 Å². The van der Waals surface area contributed by atoms with Gasteiger partial charge in [-0.15, -0.1) is 0 Å². The molecular weight excluding hydrogens is 540 g/mol. The van der Waals surface area contributed by atoms with E-state index in [0.717, 1.165) is 20.1 Å². The van der Waals surface area contributed by atoms with E-state index in [1.165, 1.54) is 6.21 Å². The molecule has 0 aliphatic carbocycles. The van der Waals surface area contributed by atoms with Crippen molar-refractivity contribution >= 4 is 50.0 Å². The van der Waals surface area contributed by atoms with Crippen LogP contribution in [0.3, 0.4) is 0 Å². The van der Waals surface area contributed by atoms with Gasteiger partial charge in [-0.1, -0.05) is 50.1 Å². The monoisotopic (exact) mass is 558 g/mol. The van der Waals surface area contributed by atoms with Gasteiger partial charge in [0.2, 0.25) is 0 Å². The molecule has 8 heteroatoms. The molecule has 0 radical (unpaired) electrons. The molecule has 0 unspecified atom stereocenters. The van der Waals surface area contributed by atoms with Crippen molar-refractivity contribution in [2.75, 3.05) is 6.61 Å². The number of esters is 1. The molecule has 6 nitrogen and oxygen atoms in total. The normalized spacial score (nSPS) is 10.8. The summed E-state index contributed by atoms with van der Waals surface area (Å²) in [5, 5.41) is 3.97. The molecule has 3 aromatic rings. The Kier molecular flexibility index (Phi) is 8.19. The van der Waals surface area contributed by atoms with Crippen LogP contribution in [0.25, 0.3) is 0 Å². The Morgan fingerprint density at radius 2 is 1.62 bits per heavy atom. The lowest BCUT2D eigenvalue weighted by Gasteiger charge is -2.11. The van der Waals surface area contributed by atoms with Crippen LogP contribution in [-0.2, 0) is 4.79 Å². The summed E-state index contributed by atoms with van der Waals surface area (Å²) in [5.41, 5.74) is 5.25. The minimum absolute atomic E-state index is 0.174. The van der Waals surface area contributed by atoms with Crippen molar-refractivity contribution in [2.45, 2.75) is 13.8 Å². The van der Waals surface area contributed by atoms with E-state index in [9.17, 15) is 9.59 Å². The molecule has 32 heavy (non-hydrogen) atoms. The van der Waals surface area contributed by atoms with Crippen LogP contribution in [0, 0.1) is 13.8 Å².